The molecule has 170 valence electrons. The summed E-state index contributed by atoms with van der Waals surface area (Å²) in [4.78, 5) is 43.6. The molecule has 13 heteroatoms. The summed E-state index contributed by atoms with van der Waals surface area (Å²) in [6.07, 6.45) is 1.13. The van der Waals surface area contributed by atoms with Crippen LogP contribution in [0, 0.1) is 27.2 Å². The first-order chi connectivity index (χ1) is 15.7. The van der Waals surface area contributed by atoms with Crippen molar-refractivity contribution in [1.29, 1.82) is 0 Å². The van der Waals surface area contributed by atoms with Crippen molar-refractivity contribution in [2.45, 2.75) is 13.8 Å². The second-order valence-electron chi connectivity index (χ2n) is 6.74. The van der Waals surface area contributed by atoms with Gasteiger partial charge in [0.1, 0.15) is 11.3 Å². The Morgan fingerprint density at radius 3 is 2.52 bits per heavy atom. The van der Waals surface area contributed by atoms with E-state index in [4.69, 9.17) is 11.6 Å². The molecular formula is C20H18ClN7O5. The molecule has 1 amide bonds. The lowest BCUT2D eigenvalue weighted by Crippen LogP contribution is -2.30. The number of nitro groups is 2. The summed E-state index contributed by atoms with van der Waals surface area (Å²) in [6, 6.07) is 10.9. The molecule has 0 spiro atoms. The monoisotopic (exact) mass is 471 g/mol. The number of carbonyl (C=O) groups excluding carboxylic acids is 1. The Balaban J connectivity index is 1.92. The molecule has 0 atom stereocenters. The van der Waals surface area contributed by atoms with Crippen molar-refractivity contribution in [3.8, 4) is 0 Å². The number of benzene rings is 2. The van der Waals surface area contributed by atoms with Crippen LogP contribution in [0.15, 0.2) is 48.8 Å². The third kappa shape index (κ3) is 5.13. The van der Waals surface area contributed by atoms with Gasteiger partial charge in [0.25, 0.3) is 11.6 Å². The molecule has 0 fully saturated rings. The summed E-state index contributed by atoms with van der Waals surface area (Å²) in [5, 5.41) is 22.8. The van der Waals surface area contributed by atoms with E-state index in [2.05, 4.69) is 20.8 Å². The normalized spacial score (nSPS) is 10.4. The maximum atomic E-state index is 12.5. The van der Waals surface area contributed by atoms with E-state index in [1.807, 2.05) is 32.0 Å². The average Bonchev–Trinajstić information content (AvgIpc) is 2.78. The predicted molar refractivity (Wildman–Crippen MR) is 122 cm³/mol. The highest BCUT2D eigenvalue weighted by Crippen LogP contribution is 2.35. The van der Waals surface area contributed by atoms with Crippen LogP contribution in [0.2, 0.25) is 5.02 Å². The van der Waals surface area contributed by atoms with Crippen LogP contribution in [0.25, 0.3) is 0 Å². The summed E-state index contributed by atoms with van der Waals surface area (Å²) in [6.45, 7) is 4.09. The largest absolute Gasteiger partial charge is 0.355 e. The molecule has 0 aliphatic carbocycles. The van der Waals surface area contributed by atoms with E-state index in [1.165, 1.54) is 12.1 Å². The lowest BCUT2D eigenvalue weighted by Gasteiger charge is -2.22. The van der Waals surface area contributed by atoms with Crippen molar-refractivity contribution >= 4 is 46.2 Å². The molecule has 0 unspecified atom stereocenters. The highest BCUT2D eigenvalue weighted by atomic mass is 35.5. The SMILES string of the molecule is CCN(c1cccc(C)c1)c1ncnc(NNC(=O)c2ccc(Cl)c([N+](=O)[O-])c2)c1[N+](=O)[O-]. The highest BCUT2D eigenvalue weighted by Gasteiger charge is 2.28. The first-order valence-electron chi connectivity index (χ1n) is 9.56. The molecular weight excluding hydrogens is 454 g/mol. The van der Waals surface area contributed by atoms with Gasteiger partial charge in [0, 0.05) is 23.9 Å². The van der Waals surface area contributed by atoms with Crippen molar-refractivity contribution < 1.29 is 14.6 Å². The highest BCUT2D eigenvalue weighted by molar-refractivity contribution is 6.32. The van der Waals surface area contributed by atoms with Gasteiger partial charge in [0.05, 0.1) is 9.85 Å². The summed E-state index contributed by atoms with van der Waals surface area (Å²) in [5.41, 5.74) is 5.36. The van der Waals surface area contributed by atoms with Crippen LogP contribution in [0.1, 0.15) is 22.8 Å². The lowest BCUT2D eigenvalue weighted by atomic mass is 10.2. The third-order valence-corrected chi connectivity index (χ3v) is 4.89. The number of nitrogens with zero attached hydrogens (tertiary/aromatic N) is 5. The van der Waals surface area contributed by atoms with Gasteiger partial charge in [-0.25, -0.2) is 9.97 Å². The van der Waals surface area contributed by atoms with Crippen molar-refractivity contribution in [2.24, 2.45) is 0 Å². The molecule has 0 saturated carbocycles. The minimum Gasteiger partial charge on any atom is -0.321 e. The fraction of sp³-hybridized carbons (Fsp3) is 0.150. The Kier molecular flexibility index (Phi) is 6.98. The number of anilines is 3. The molecule has 1 heterocycles. The van der Waals surface area contributed by atoms with Crippen LogP contribution in [0.4, 0.5) is 28.7 Å². The zero-order valence-electron chi connectivity index (χ0n) is 17.5. The van der Waals surface area contributed by atoms with Gasteiger partial charge in [-0.15, -0.1) is 0 Å². The molecule has 0 bridgehead atoms. The van der Waals surface area contributed by atoms with Gasteiger partial charge in [0.2, 0.25) is 11.6 Å². The first-order valence-corrected chi connectivity index (χ1v) is 9.94. The molecule has 3 aromatic rings. The summed E-state index contributed by atoms with van der Waals surface area (Å²) >= 11 is 5.76. The van der Waals surface area contributed by atoms with E-state index in [0.29, 0.717) is 12.2 Å². The van der Waals surface area contributed by atoms with Crippen LogP contribution in [-0.2, 0) is 0 Å². The number of nitro benzene ring substituents is 1. The van der Waals surface area contributed by atoms with E-state index in [-0.39, 0.29) is 22.2 Å². The molecule has 12 nitrogen and oxygen atoms in total. The quantitative estimate of drug-likeness (QED) is 0.363. The van der Waals surface area contributed by atoms with E-state index < -0.39 is 27.1 Å². The number of aromatic nitrogens is 2. The number of aryl methyl sites for hydroxylation is 1. The molecule has 0 radical (unpaired) electrons. The van der Waals surface area contributed by atoms with Crippen molar-refractivity contribution in [1.82, 2.24) is 15.4 Å². The number of hydrazine groups is 1. The van der Waals surface area contributed by atoms with Crippen LogP contribution in [-0.4, -0.2) is 32.3 Å². The van der Waals surface area contributed by atoms with Crippen molar-refractivity contribution in [2.75, 3.05) is 16.9 Å². The molecule has 0 aliphatic heterocycles. The topological polar surface area (TPSA) is 156 Å². The summed E-state index contributed by atoms with van der Waals surface area (Å²) in [5.74, 6) is -1.01. The van der Waals surface area contributed by atoms with Crippen LogP contribution in [0.3, 0.4) is 0 Å². The number of hydrogen-bond donors (Lipinski definition) is 2. The van der Waals surface area contributed by atoms with Crippen LogP contribution >= 0.6 is 11.6 Å². The van der Waals surface area contributed by atoms with E-state index >= 15 is 0 Å². The zero-order valence-corrected chi connectivity index (χ0v) is 18.2. The molecule has 0 saturated heterocycles. The number of rotatable bonds is 8. The van der Waals surface area contributed by atoms with Gasteiger partial charge in [-0.2, -0.15) is 0 Å². The molecule has 0 aliphatic rings. The molecule has 2 aromatic carbocycles. The summed E-state index contributed by atoms with van der Waals surface area (Å²) in [7, 11) is 0. The van der Waals surface area contributed by atoms with E-state index in [0.717, 1.165) is 18.0 Å². The smallest absolute Gasteiger partial charge is 0.321 e. The molecule has 1 aromatic heterocycles. The average molecular weight is 472 g/mol. The maximum absolute atomic E-state index is 12.5. The Hall–Kier alpha value is -4.32. The van der Waals surface area contributed by atoms with Gasteiger partial charge in [-0.05, 0) is 43.7 Å². The standard InChI is InChI=1S/C20H18ClN7O5/c1-3-26(14-6-4-5-12(2)9-14)19-17(28(32)33)18(22-11-23-19)24-25-20(29)13-7-8-15(21)16(10-13)27(30)31/h4-11H,3H2,1-2H3,(H,25,29)(H,22,23,24). The van der Waals surface area contributed by atoms with Gasteiger partial charge in [0.15, 0.2) is 0 Å². The molecule has 3 rings (SSSR count). The van der Waals surface area contributed by atoms with Crippen LogP contribution in [0.5, 0.6) is 0 Å². The lowest BCUT2D eigenvalue weighted by molar-refractivity contribution is -0.384. The van der Waals surface area contributed by atoms with Crippen molar-refractivity contribution in [3.63, 3.8) is 0 Å². The number of amides is 1. The second kappa shape index (κ2) is 9.87. The van der Waals surface area contributed by atoms with Gasteiger partial charge in [-0.3, -0.25) is 35.9 Å². The number of halogens is 1. The maximum Gasteiger partial charge on any atom is 0.355 e. The molecule has 2 N–H and O–H groups in total. The van der Waals surface area contributed by atoms with Gasteiger partial charge >= 0.3 is 5.69 Å². The van der Waals surface area contributed by atoms with E-state index in [9.17, 15) is 25.0 Å². The number of nitrogens with one attached hydrogen (secondary N) is 2. The summed E-state index contributed by atoms with van der Waals surface area (Å²) < 4.78 is 0. The Morgan fingerprint density at radius 1 is 1.12 bits per heavy atom. The van der Waals surface area contributed by atoms with Gasteiger partial charge < -0.3 is 4.90 Å². The fourth-order valence-electron chi connectivity index (χ4n) is 3.06. The Labute approximate surface area is 192 Å². The fourth-order valence-corrected chi connectivity index (χ4v) is 3.25. The minimum atomic E-state index is -0.782. The van der Waals surface area contributed by atoms with E-state index in [1.54, 1.807) is 11.0 Å². The van der Waals surface area contributed by atoms with Crippen molar-refractivity contribution in [3.05, 3.63) is 85.2 Å². The number of carbonyl (C=O) groups is 1. The Morgan fingerprint density at radius 2 is 1.88 bits per heavy atom. The molecule has 33 heavy (non-hydrogen) atoms. The van der Waals surface area contributed by atoms with Gasteiger partial charge in [-0.1, -0.05) is 23.7 Å². The first kappa shape index (κ1) is 23.3. The number of hydrogen-bond acceptors (Lipinski definition) is 9. The van der Waals surface area contributed by atoms with Crippen LogP contribution < -0.4 is 15.8 Å². The minimum absolute atomic E-state index is 0.0296. The zero-order chi connectivity index (χ0) is 24.1. The Bertz CT molecular complexity index is 1240. The second-order valence-corrected chi connectivity index (χ2v) is 7.14. The third-order valence-electron chi connectivity index (χ3n) is 4.57. The predicted octanol–water partition coefficient (Wildman–Crippen LogP) is 4.17.